The van der Waals surface area contributed by atoms with Gasteiger partial charge in [-0.1, -0.05) is 25.0 Å². The molecule has 1 amide bonds. The van der Waals surface area contributed by atoms with Crippen molar-refractivity contribution in [2.45, 2.75) is 38.6 Å². The molecule has 20 heavy (non-hydrogen) atoms. The van der Waals surface area contributed by atoms with Crippen molar-refractivity contribution in [2.24, 2.45) is 5.92 Å². The molecular weight excluding hydrogens is 254 g/mol. The summed E-state index contributed by atoms with van der Waals surface area (Å²) >= 11 is 0. The number of methoxy groups -OCH3 is 1. The maximum absolute atomic E-state index is 12.0. The zero-order valence-electron chi connectivity index (χ0n) is 12.2. The summed E-state index contributed by atoms with van der Waals surface area (Å²) in [6.07, 6.45) is 4.38. The molecular formula is C16H23NO3. The molecule has 1 unspecified atom stereocenters. The van der Waals surface area contributed by atoms with E-state index in [4.69, 9.17) is 9.47 Å². The highest BCUT2D eigenvalue weighted by molar-refractivity contribution is 5.79. The minimum atomic E-state index is -0.00647. The molecule has 0 saturated heterocycles. The predicted molar refractivity (Wildman–Crippen MR) is 78.1 cm³/mol. The van der Waals surface area contributed by atoms with Gasteiger partial charge < -0.3 is 14.8 Å². The van der Waals surface area contributed by atoms with Gasteiger partial charge in [-0.15, -0.1) is 0 Å². The topological polar surface area (TPSA) is 47.6 Å². The Morgan fingerprint density at radius 3 is 2.60 bits per heavy atom. The third-order valence-corrected chi connectivity index (χ3v) is 3.67. The molecule has 0 bridgehead atoms. The minimum Gasteiger partial charge on any atom is -0.493 e. The molecule has 0 aromatic heterocycles. The maximum Gasteiger partial charge on any atom is 0.223 e. The fourth-order valence-electron chi connectivity index (χ4n) is 2.54. The highest BCUT2D eigenvalue weighted by Gasteiger charge is 2.23. The van der Waals surface area contributed by atoms with E-state index in [-0.39, 0.29) is 17.9 Å². The molecule has 1 aliphatic rings. The average Bonchev–Trinajstić information content (AvgIpc) is 2.99. The lowest BCUT2D eigenvalue weighted by Crippen LogP contribution is -2.39. The van der Waals surface area contributed by atoms with Crippen LogP contribution in [0, 0.1) is 5.92 Å². The van der Waals surface area contributed by atoms with Gasteiger partial charge in [0.2, 0.25) is 5.91 Å². The van der Waals surface area contributed by atoms with Gasteiger partial charge in [0, 0.05) is 5.92 Å². The van der Waals surface area contributed by atoms with Crippen molar-refractivity contribution in [3.8, 4) is 11.5 Å². The van der Waals surface area contributed by atoms with Crippen molar-refractivity contribution in [3.05, 3.63) is 24.3 Å². The molecule has 1 aromatic rings. The van der Waals surface area contributed by atoms with E-state index in [1.54, 1.807) is 7.11 Å². The van der Waals surface area contributed by atoms with E-state index in [1.165, 1.54) is 12.8 Å². The molecule has 1 aromatic carbocycles. The lowest BCUT2D eigenvalue weighted by atomic mass is 10.1. The fraction of sp³-hybridized carbons (Fsp3) is 0.562. The van der Waals surface area contributed by atoms with Crippen LogP contribution in [0.3, 0.4) is 0 Å². The summed E-state index contributed by atoms with van der Waals surface area (Å²) < 4.78 is 10.9. The Kier molecular flexibility index (Phi) is 5.27. The molecule has 0 spiro atoms. The van der Waals surface area contributed by atoms with Crippen LogP contribution in [0.4, 0.5) is 0 Å². The van der Waals surface area contributed by atoms with E-state index in [0.717, 1.165) is 12.8 Å². The Morgan fingerprint density at radius 1 is 1.30 bits per heavy atom. The molecule has 4 nitrogen and oxygen atoms in total. The molecule has 2 rings (SSSR count). The molecule has 0 aliphatic heterocycles. The number of para-hydroxylation sites is 2. The van der Waals surface area contributed by atoms with E-state index in [0.29, 0.717) is 18.1 Å². The third kappa shape index (κ3) is 3.89. The van der Waals surface area contributed by atoms with Crippen molar-refractivity contribution in [2.75, 3.05) is 13.7 Å². The monoisotopic (exact) mass is 277 g/mol. The Bertz CT molecular complexity index is 441. The fourth-order valence-corrected chi connectivity index (χ4v) is 2.54. The predicted octanol–water partition coefficient (Wildman–Crippen LogP) is 2.77. The Morgan fingerprint density at radius 2 is 1.95 bits per heavy atom. The van der Waals surface area contributed by atoms with Crippen LogP contribution in [-0.4, -0.2) is 25.7 Å². The SMILES string of the molecule is COc1ccccc1OCC(C)NC(=O)C1CCCC1. The zero-order chi connectivity index (χ0) is 14.4. The summed E-state index contributed by atoms with van der Waals surface area (Å²) in [5.74, 6) is 1.78. The second-order valence-electron chi connectivity index (χ2n) is 5.35. The van der Waals surface area contributed by atoms with Crippen LogP contribution >= 0.6 is 0 Å². The first-order chi connectivity index (χ1) is 9.70. The van der Waals surface area contributed by atoms with Crippen LogP contribution in [-0.2, 0) is 4.79 Å². The number of rotatable bonds is 6. The second-order valence-corrected chi connectivity index (χ2v) is 5.35. The summed E-state index contributed by atoms with van der Waals surface area (Å²) in [6.45, 7) is 2.40. The van der Waals surface area contributed by atoms with Crippen molar-refractivity contribution < 1.29 is 14.3 Å². The molecule has 0 radical (unpaired) electrons. The van der Waals surface area contributed by atoms with Gasteiger partial charge in [0.25, 0.3) is 0 Å². The van der Waals surface area contributed by atoms with Gasteiger partial charge in [0.05, 0.1) is 13.2 Å². The molecule has 0 heterocycles. The van der Waals surface area contributed by atoms with E-state index in [2.05, 4.69) is 5.32 Å². The maximum atomic E-state index is 12.0. The Balaban J connectivity index is 1.79. The number of benzene rings is 1. The minimum absolute atomic E-state index is 0.00647. The van der Waals surface area contributed by atoms with Crippen molar-refractivity contribution >= 4 is 5.91 Å². The number of carbonyl (C=O) groups excluding carboxylic acids is 1. The van der Waals surface area contributed by atoms with Gasteiger partial charge in [-0.2, -0.15) is 0 Å². The molecule has 1 N–H and O–H groups in total. The number of hydrogen-bond acceptors (Lipinski definition) is 3. The van der Waals surface area contributed by atoms with Gasteiger partial charge in [0.15, 0.2) is 11.5 Å². The zero-order valence-corrected chi connectivity index (χ0v) is 12.2. The number of carbonyl (C=O) groups is 1. The summed E-state index contributed by atoms with van der Waals surface area (Å²) in [4.78, 5) is 12.0. The molecule has 4 heteroatoms. The van der Waals surface area contributed by atoms with E-state index in [1.807, 2.05) is 31.2 Å². The molecule has 1 atom stereocenters. The number of nitrogens with one attached hydrogen (secondary N) is 1. The van der Waals surface area contributed by atoms with Gasteiger partial charge >= 0.3 is 0 Å². The average molecular weight is 277 g/mol. The van der Waals surface area contributed by atoms with Crippen LogP contribution < -0.4 is 14.8 Å². The first kappa shape index (κ1) is 14.7. The van der Waals surface area contributed by atoms with Gasteiger partial charge in [0.1, 0.15) is 6.61 Å². The highest BCUT2D eigenvalue weighted by Crippen LogP contribution is 2.26. The Hall–Kier alpha value is -1.71. The summed E-state index contributed by atoms with van der Waals surface area (Å²) in [6, 6.07) is 7.52. The van der Waals surface area contributed by atoms with Crippen molar-refractivity contribution in [1.82, 2.24) is 5.32 Å². The van der Waals surface area contributed by atoms with Crippen LogP contribution in [0.25, 0.3) is 0 Å². The van der Waals surface area contributed by atoms with Crippen LogP contribution in [0.15, 0.2) is 24.3 Å². The normalized spacial score (nSPS) is 16.7. The number of amides is 1. The summed E-state index contributed by atoms with van der Waals surface area (Å²) in [7, 11) is 1.62. The van der Waals surface area contributed by atoms with Gasteiger partial charge in [-0.05, 0) is 31.9 Å². The van der Waals surface area contributed by atoms with Crippen molar-refractivity contribution in [3.63, 3.8) is 0 Å². The first-order valence-corrected chi connectivity index (χ1v) is 7.27. The standard InChI is InChI=1S/C16H23NO3/c1-12(17-16(18)13-7-3-4-8-13)11-20-15-10-6-5-9-14(15)19-2/h5-6,9-10,12-13H,3-4,7-8,11H2,1-2H3,(H,17,18). The van der Waals surface area contributed by atoms with Gasteiger partial charge in [-0.25, -0.2) is 0 Å². The summed E-state index contributed by atoms with van der Waals surface area (Å²) in [5.41, 5.74) is 0. The molecule has 1 aliphatic carbocycles. The first-order valence-electron chi connectivity index (χ1n) is 7.27. The van der Waals surface area contributed by atoms with Crippen LogP contribution in [0.5, 0.6) is 11.5 Å². The quantitative estimate of drug-likeness (QED) is 0.869. The second kappa shape index (κ2) is 7.17. The molecule has 1 saturated carbocycles. The third-order valence-electron chi connectivity index (χ3n) is 3.67. The lowest BCUT2D eigenvalue weighted by molar-refractivity contribution is -0.125. The molecule has 1 fully saturated rings. The van der Waals surface area contributed by atoms with Crippen LogP contribution in [0.2, 0.25) is 0 Å². The van der Waals surface area contributed by atoms with Crippen molar-refractivity contribution in [1.29, 1.82) is 0 Å². The Labute approximate surface area is 120 Å². The summed E-state index contributed by atoms with van der Waals surface area (Å²) in [5, 5.41) is 3.02. The lowest BCUT2D eigenvalue weighted by Gasteiger charge is -2.18. The smallest absolute Gasteiger partial charge is 0.223 e. The highest BCUT2D eigenvalue weighted by atomic mass is 16.5. The van der Waals surface area contributed by atoms with E-state index < -0.39 is 0 Å². The molecule has 110 valence electrons. The van der Waals surface area contributed by atoms with Gasteiger partial charge in [-0.3, -0.25) is 4.79 Å². The largest absolute Gasteiger partial charge is 0.493 e. The van der Waals surface area contributed by atoms with Crippen LogP contribution in [0.1, 0.15) is 32.6 Å². The van der Waals surface area contributed by atoms with E-state index >= 15 is 0 Å². The van der Waals surface area contributed by atoms with E-state index in [9.17, 15) is 4.79 Å². The number of hydrogen-bond donors (Lipinski definition) is 1. The number of ether oxygens (including phenoxy) is 2.